The second-order valence-electron chi connectivity index (χ2n) is 3.45. The molecule has 0 radical (unpaired) electrons. The maximum Gasteiger partial charge on any atom is 0.273 e. The quantitative estimate of drug-likeness (QED) is 0.794. The lowest BCUT2D eigenvalue weighted by Crippen LogP contribution is -2.14. The van der Waals surface area contributed by atoms with Gasteiger partial charge in [-0.2, -0.15) is 0 Å². The van der Waals surface area contributed by atoms with E-state index in [1.54, 1.807) is 6.92 Å². The minimum atomic E-state index is -3.78. The average molecular weight is 403 g/mol. The Kier molecular flexibility index (Phi) is 4.36. The zero-order chi connectivity index (χ0) is 14.2. The minimum absolute atomic E-state index is 0.0607. The summed E-state index contributed by atoms with van der Waals surface area (Å²) < 4.78 is 27.0. The first-order chi connectivity index (χ1) is 8.78. The first kappa shape index (κ1) is 15.0. The average Bonchev–Trinajstić information content (AvgIpc) is 2.57. The summed E-state index contributed by atoms with van der Waals surface area (Å²) in [4.78, 5) is 7.75. The van der Waals surface area contributed by atoms with Gasteiger partial charge in [0.05, 0.1) is 8.81 Å². The number of hydrogen-bond acceptors (Lipinski definition) is 5. The van der Waals surface area contributed by atoms with Crippen molar-refractivity contribution in [1.82, 2.24) is 9.97 Å². The van der Waals surface area contributed by atoms with Gasteiger partial charge in [0, 0.05) is 5.69 Å². The summed E-state index contributed by atoms with van der Waals surface area (Å²) >= 11 is 15.7. The molecule has 10 heteroatoms. The monoisotopic (exact) mass is 401 g/mol. The van der Waals surface area contributed by atoms with Crippen molar-refractivity contribution < 1.29 is 8.42 Å². The summed E-state index contributed by atoms with van der Waals surface area (Å²) in [6.07, 6.45) is 0. The third-order valence-electron chi connectivity index (χ3n) is 1.94. The molecule has 19 heavy (non-hydrogen) atoms. The van der Waals surface area contributed by atoms with Crippen LogP contribution in [-0.4, -0.2) is 18.4 Å². The molecule has 2 aromatic rings. The zero-order valence-electron chi connectivity index (χ0n) is 9.32. The van der Waals surface area contributed by atoms with Crippen molar-refractivity contribution in [2.45, 2.75) is 11.1 Å². The summed E-state index contributed by atoms with van der Waals surface area (Å²) in [5, 5.41) is 0.490. The van der Waals surface area contributed by atoms with Gasteiger partial charge < -0.3 is 0 Å². The Balaban J connectivity index is 2.36. The van der Waals surface area contributed by atoms with Gasteiger partial charge in [0.1, 0.15) is 9.36 Å². The van der Waals surface area contributed by atoms with E-state index in [0.717, 1.165) is 11.3 Å². The fraction of sp³-hybridized carbons (Fsp3) is 0.111. The van der Waals surface area contributed by atoms with Crippen molar-refractivity contribution in [1.29, 1.82) is 0 Å². The van der Waals surface area contributed by atoms with Crippen LogP contribution in [0.25, 0.3) is 0 Å². The van der Waals surface area contributed by atoms with Crippen LogP contribution in [0.5, 0.6) is 0 Å². The molecule has 2 rings (SSSR count). The summed E-state index contributed by atoms with van der Waals surface area (Å²) in [5.41, 5.74) is 0.558. The third kappa shape index (κ3) is 3.57. The number of thiophene rings is 1. The van der Waals surface area contributed by atoms with Gasteiger partial charge in [-0.15, -0.1) is 11.3 Å². The van der Waals surface area contributed by atoms with E-state index in [-0.39, 0.29) is 15.3 Å². The Bertz CT molecular complexity index is 693. The van der Waals surface area contributed by atoms with Gasteiger partial charge in [-0.05, 0) is 35.0 Å². The Morgan fingerprint density at radius 1 is 1.32 bits per heavy atom. The first-order valence-corrected chi connectivity index (χ1v) is 8.61. The van der Waals surface area contributed by atoms with Crippen LogP contribution in [0.3, 0.4) is 0 Å². The Morgan fingerprint density at radius 3 is 2.53 bits per heavy atom. The Labute approximate surface area is 132 Å². The van der Waals surface area contributed by atoms with Gasteiger partial charge in [0.15, 0.2) is 0 Å². The van der Waals surface area contributed by atoms with Crippen LogP contribution in [0.2, 0.25) is 10.2 Å². The van der Waals surface area contributed by atoms with E-state index in [0.29, 0.717) is 14.5 Å². The number of sulfonamides is 1. The van der Waals surface area contributed by atoms with Gasteiger partial charge in [0.25, 0.3) is 10.0 Å². The van der Waals surface area contributed by atoms with Crippen molar-refractivity contribution >= 4 is 66.4 Å². The molecule has 0 atom stereocenters. The van der Waals surface area contributed by atoms with Crippen molar-refractivity contribution in [3.63, 3.8) is 0 Å². The lowest BCUT2D eigenvalue weighted by molar-refractivity contribution is 0.602. The fourth-order valence-corrected chi connectivity index (χ4v) is 4.79. The fourth-order valence-electron chi connectivity index (χ4n) is 1.21. The number of rotatable bonds is 3. The van der Waals surface area contributed by atoms with Gasteiger partial charge in [-0.3, -0.25) is 0 Å². The standard InChI is InChI=1S/C9H6BrCl2N3O2S2/c1-4-2-6(12)14-9(13-4)15-19(16,17)7-3-5(11)8(10)18-7/h2-3H,1H3,(H,13,14,15). The largest absolute Gasteiger partial charge is 0.273 e. The molecule has 0 aliphatic heterocycles. The van der Waals surface area contributed by atoms with Crippen molar-refractivity contribution in [2.75, 3.05) is 4.72 Å². The van der Waals surface area contributed by atoms with Crippen molar-refractivity contribution in [3.8, 4) is 0 Å². The van der Waals surface area contributed by atoms with E-state index in [4.69, 9.17) is 23.2 Å². The maximum absolute atomic E-state index is 12.1. The van der Waals surface area contributed by atoms with E-state index >= 15 is 0 Å². The highest BCUT2D eigenvalue weighted by Gasteiger charge is 2.20. The molecule has 2 heterocycles. The van der Waals surface area contributed by atoms with Crippen LogP contribution < -0.4 is 4.72 Å². The molecule has 0 saturated heterocycles. The lowest BCUT2D eigenvalue weighted by Gasteiger charge is -2.05. The normalized spacial score (nSPS) is 11.6. The highest BCUT2D eigenvalue weighted by molar-refractivity contribution is 9.11. The number of hydrogen-bond donors (Lipinski definition) is 1. The van der Waals surface area contributed by atoms with Crippen molar-refractivity contribution in [3.05, 3.63) is 31.8 Å². The number of halogens is 3. The molecule has 0 bridgehead atoms. The summed E-state index contributed by atoms with van der Waals surface area (Å²) in [6.45, 7) is 1.68. The highest BCUT2D eigenvalue weighted by Crippen LogP contribution is 2.35. The molecule has 0 unspecified atom stereocenters. The third-order valence-corrected chi connectivity index (χ3v) is 6.41. The molecular formula is C9H6BrCl2N3O2S2. The van der Waals surface area contributed by atoms with Gasteiger partial charge in [-0.1, -0.05) is 23.2 Å². The van der Waals surface area contributed by atoms with E-state index in [2.05, 4.69) is 30.6 Å². The second kappa shape index (κ2) is 5.53. The molecule has 0 saturated carbocycles. The van der Waals surface area contributed by atoms with Crippen LogP contribution in [0.1, 0.15) is 5.69 Å². The predicted octanol–water partition coefficient (Wildman–Crippen LogP) is 3.72. The number of nitrogens with one attached hydrogen (secondary N) is 1. The number of anilines is 1. The first-order valence-electron chi connectivity index (χ1n) is 4.77. The molecule has 5 nitrogen and oxygen atoms in total. The number of nitrogens with zero attached hydrogens (tertiary/aromatic N) is 2. The van der Waals surface area contributed by atoms with Crippen molar-refractivity contribution in [2.24, 2.45) is 0 Å². The van der Waals surface area contributed by atoms with E-state index < -0.39 is 10.0 Å². The van der Waals surface area contributed by atoms with Crippen LogP contribution >= 0.6 is 50.5 Å². The van der Waals surface area contributed by atoms with Gasteiger partial charge in [0.2, 0.25) is 5.95 Å². The van der Waals surface area contributed by atoms with E-state index in [1.807, 2.05) is 0 Å². The molecule has 0 amide bonds. The molecule has 2 aromatic heterocycles. The number of aromatic nitrogens is 2. The highest BCUT2D eigenvalue weighted by atomic mass is 79.9. The molecule has 0 aliphatic carbocycles. The molecule has 0 spiro atoms. The van der Waals surface area contributed by atoms with Gasteiger partial charge in [-0.25, -0.2) is 23.1 Å². The Hall–Kier alpha value is -0.410. The summed E-state index contributed by atoms with van der Waals surface area (Å²) in [5.74, 6) is -0.0781. The second-order valence-corrected chi connectivity index (χ2v) is 8.52. The molecule has 0 aromatic carbocycles. The Morgan fingerprint density at radius 2 is 2.00 bits per heavy atom. The SMILES string of the molecule is Cc1cc(Cl)nc(NS(=O)(=O)c2cc(Cl)c(Br)s2)n1. The zero-order valence-corrected chi connectivity index (χ0v) is 14.0. The van der Waals surface area contributed by atoms with Crippen LogP contribution in [-0.2, 0) is 10.0 Å². The summed E-state index contributed by atoms with van der Waals surface area (Å²) in [6, 6.07) is 2.87. The van der Waals surface area contributed by atoms with Crippen LogP contribution in [0.4, 0.5) is 5.95 Å². The molecular weight excluding hydrogens is 397 g/mol. The minimum Gasteiger partial charge on any atom is -0.246 e. The molecule has 1 N–H and O–H groups in total. The molecule has 102 valence electrons. The van der Waals surface area contributed by atoms with Crippen LogP contribution in [0.15, 0.2) is 20.1 Å². The van der Waals surface area contributed by atoms with Gasteiger partial charge >= 0.3 is 0 Å². The van der Waals surface area contributed by atoms with E-state index in [9.17, 15) is 8.42 Å². The summed E-state index contributed by atoms with van der Waals surface area (Å²) in [7, 11) is -3.78. The van der Waals surface area contributed by atoms with Crippen LogP contribution in [0, 0.1) is 6.92 Å². The number of aryl methyl sites for hydroxylation is 1. The molecule has 0 fully saturated rings. The molecule has 0 aliphatic rings. The predicted molar refractivity (Wildman–Crippen MR) is 79.6 cm³/mol. The smallest absolute Gasteiger partial charge is 0.246 e. The lowest BCUT2D eigenvalue weighted by atomic mass is 10.5. The maximum atomic E-state index is 12.1. The van der Waals surface area contributed by atoms with E-state index in [1.165, 1.54) is 12.1 Å². The topological polar surface area (TPSA) is 72.0 Å².